The highest BCUT2D eigenvalue weighted by Crippen LogP contribution is 2.30. The summed E-state index contributed by atoms with van der Waals surface area (Å²) in [5, 5.41) is 0. The lowest BCUT2D eigenvalue weighted by Crippen LogP contribution is -2.39. The van der Waals surface area contributed by atoms with E-state index >= 15 is 0 Å². The van der Waals surface area contributed by atoms with Crippen LogP contribution in [0, 0.1) is 5.82 Å². The molecule has 0 amide bonds. The van der Waals surface area contributed by atoms with Crippen LogP contribution < -0.4 is 20.6 Å². The standard InChI is InChI=1S/C26H23FN4O4S/c1-5-35-24(33)21-14(2)28-25-31(22(21)16-7-9-17(27)10-8-16)23(32)20(36-25)13-15-6-11-18-19(12-15)30(4)26(34)29(18)3/h6-13,22H,5H2,1-4H3/b20-13+/t22-/m0/s1. The summed E-state index contributed by atoms with van der Waals surface area (Å²) >= 11 is 1.20. The van der Waals surface area contributed by atoms with Crippen molar-refractivity contribution in [2.24, 2.45) is 19.1 Å². The van der Waals surface area contributed by atoms with E-state index < -0.39 is 17.8 Å². The summed E-state index contributed by atoms with van der Waals surface area (Å²) in [6.45, 7) is 3.57. The van der Waals surface area contributed by atoms with Crippen molar-refractivity contribution in [1.82, 2.24) is 13.7 Å². The first-order valence-electron chi connectivity index (χ1n) is 11.3. The summed E-state index contributed by atoms with van der Waals surface area (Å²) in [4.78, 5) is 43.8. The number of aryl methyl sites for hydroxylation is 2. The first kappa shape index (κ1) is 23.7. The molecule has 10 heteroatoms. The van der Waals surface area contributed by atoms with Gasteiger partial charge in [-0.15, -0.1) is 0 Å². The van der Waals surface area contributed by atoms with E-state index in [-0.39, 0.29) is 23.4 Å². The first-order valence-corrected chi connectivity index (χ1v) is 12.1. The number of allylic oxidation sites excluding steroid dienone is 1. The maximum absolute atomic E-state index is 13.7. The number of nitrogens with zero attached hydrogens (tertiary/aromatic N) is 4. The van der Waals surface area contributed by atoms with Crippen LogP contribution in [0.4, 0.5) is 4.39 Å². The lowest BCUT2D eigenvalue weighted by Gasteiger charge is -2.24. The third-order valence-corrected chi connectivity index (χ3v) is 7.28. The minimum Gasteiger partial charge on any atom is -0.463 e. The molecular weight excluding hydrogens is 483 g/mol. The molecule has 2 aromatic carbocycles. The Bertz CT molecular complexity index is 1810. The maximum atomic E-state index is 13.7. The summed E-state index contributed by atoms with van der Waals surface area (Å²) < 4.78 is 23.9. The molecule has 0 spiro atoms. The molecule has 0 radical (unpaired) electrons. The van der Waals surface area contributed by atoms with Crippen LogP contribution in [0.25, 0.3) is 17.1 Å². The number of hydrogen-bond acceptors (Lipinski definition) is 6. The summed E-state index contributed by atoms with van der Waals surface area (Å²) in [5.74, 6) is -0.993. The molecule has 1 atom stereocenters. The van der Waals surface area contributed by atoms with Gasteiger partial charge in [0.1, 0.15) is 5.82 Å². The van der Waals surface area contributed by atoms with Crippen LogP contribution in [0.3, 0.4) is 0 Å². The SMILES string of the molecule is CCOC(=O)C1=C(C)N=c2s/c(=C/c3ccc4c(c3)n(C)c(=O)n4C)c(=O)n2[C@H]1c1ccc(F)cc1. The van der Waals surface area contributed by atoms with E-state index in [0.29, 0.717) is 20.6 Å². The Morgan fingerprint density at radius 2 is 1.81 bits per heavy atom. The minimum absolute atomic E-state index is 0.136. The number of halogens is 1. The van der Waals surface area contributed by atoms with Gasteiger partial charge in [0.05, 0.1) is 39.5 Å². The van der Waals surface area contributed by atoms with Crippen molar-refractivity contribution in [2.75, 3.05) is 6.61 Å². The van der Waals surface area contributed by atoms with Gasteiger partial charge in [-0.05, 0) is 55.3 Å². The van der Waals surface area contributed by atoms with Gasteiger partial charge in [0.25, 0.3) is 5.56 Å². The Morgan fingerprint density at radius 1 is 1.11 bits per heavy atom. The largest absolute Gasteiger partial charge is 0.463 e. The molecular formula is C26H23FN4O4S. The van der Waals surface area contributed by atoms with Gasteiger partial charge in [-0.3, -0.25) is 18.5 Å². The van der Waals surface area contributed by atoms with Crippen molar-refractivity contribution in [3.8, 4) is 0 Å². The molecule has 0 aliphatic carbocycles. The third-order valence-electron chi connectivity index (χ3n) is 6.30. The fourth-order valence-corrected chi connectivity index (χ4v) is 5.56. The van der Waals surface area contributed by atoms with Gasteiger partial charge in [-0.25, -0.2) is 19.0 Å². The number of aromatic nitrogens is 3. The lowest BCUT2D eigenvalue weighted by atomic mass is 9.96. The fourth-order valence-electron chi connectivity index (χ4n) is 4.52. The van der Waals surface area contributed by atoms with Gasteiger partial charge in [-0.2, -0.15) is 0 Å². The predicted molar refractivity (Wildman–Crippen MR) is 135 cm³/mol. The molecule has 0 saturated heterocycles. The summed E-state index contributed by atoms with van der Waals surface area (Å²) in [5.41, 5.74) is 3.06. The zero-order chi connectivity index (χ0) is 25.7. The molecule has 1 aliphatic heterocycles. The smallest absolute Gasteiger partial charge is 0.338 e. The van der Waals surface area contributed by atoms with E-state index in [1.807, 2.05) is 18.2 Å². The molecule has 1 aliphatic rings. The highest BCUT2D eigenvalue weighted by Gasteiger charge is 2.33. The Kier molecular flexibility index (Phi) is 5.83. The van der Waals surface area contributed by atoms with Gasteiger partial charge >= 0.3 is 11.7 Å². The number of ether oxygens (including phenoxy) is 1. The molecule has 0 fully saturated rings. The molecule has 0 saturated carbocycles. The minimum atomic E-state index is -0.805. The second-order valence-electron chi connectivity index (χ2n) is 8.50. The monoisotopic (exact) mass is 506 g/mol. The Balaban J connectivity index is 1.72. The van der Waals surface area contributed by atoms with Gasteiger partial charge in [0.2, 0.25) is 0 Å². The zero-order valence-electron chi connectivity index (χ0n) is 20.1. The van der Waals surface area contributed by atoms with Crippen molar-refractivity contribution < 1.29 is 13.9 Å². The van der Waals surface area contributed by atoms with Crippen LogP contribution in [0.2, 0.25) is 0 Å². The fraction of sp³-hybridized carbons (Fsp3) is 0.231. The number of esters is 1. The van der Waals surface area contributed by atoms with E-state index in [2.05, 4.69) is 4.99 Å². The van der Waals surface area contributed by atoms with Crippen LogP contribution in [-0.4, -0.2) is 26.3 Å². The van der Waals surface area contributed by atoms with Crippen LogP contribution in [0.5, 0.6) is 0 Å². The summed E-state index contributed by atoms with van der Waals surface area (Å²) in [7, 11) is 3.41. The number of fused-ring (bicyclic) bond motifs is 2. The average molecular weight is 507 g/mol. The van der Waals surface area contributed by atoms with Crippen molar-refractivity contribution in [3.63, 3.8) is 0 Å². The second-order valence-corrected chi connectivity index (χ2v) is 9.51. The van der Waals surface area contributed by atoms with Crippen molar-refractivity contribution in [3.05, 3.63) is 101 Å². The normalized spacial score (nSPS) is 15.8. The number of hydrogen-bond donors (Lipinski definition) is 0. The number of carbonyl (C=O) groups excluding carboxylic acids is 1. The zero-order valence-corrected chi connectivity index (χ0v) is 20.9. The van der Waals surface area contributed by atoms with E-state index in [0.717, 1.165) is 16.6 Å². The molecule has 0 N–H and O–H groups in total. The van der Waals surface area contributed by atoms with Crippen molar-refractivity contribution in [2.45, 2.75) is 19.9 Å². The highest BCUT2D eigenvalue weighted by molar-refractivity contribution is 7.07. The molecule has 184 valence electrons. The number of benzene rings is 2. The molecule has 3 heterocycles. The molecule has 0 bridgehead atoms. The molecule has 5 rings (SSSR count). The number of carbonyl (C=O) groups is 1. The predicted octanol–water partition coefficient (Wildman–Crippen LogP) is 2.13. The van der Waals surface area contributed by atoms with Crippen molar-refractivity contribution >= 4 is 34.4 Å². The van der Waals surface area contributed by atoms with Crippen LogP contribution in [-0.2, 0) is 23.6 Å². The van der Waals surface area contributed by atoms with E-state index in [4.69, 9.17) is 4.74 Å². The Morgan fingerprint density at radius 3 is 2.50 bits per heavy atom. The molecule has 8 nitrogen and oxygen atoms in total. The number of imidazole rings is 1. The van der Waals surface area contributed by atoms with E-state index in [1.54, 1.807) is 55.3 Å². The molecule has 0 unspecified atom stereocenters. The molecule has 4 aromatic rings. The first-order chi connectivity index (χ1) is 17.2. The summed E-state index contributed by atoms with van der Waals surface area (Å²) in [6.07, 6.45) is 1.74. The topological polar surface area (TPSA) is 87.6 Å². The lowest BCUT2D eigenvalue weighted by molar-refractivity contribution is -0.139. The van der Waals surface area contributed by atoms with Gasteiger partial charge < -0.3 is 4.74 Å². The Hall–Kier alpha value is -4.05. The third kappa shape index (κ3) is 3.74. The van der Waals surface area contributed by atoms with Crippen molar-refractivity contribution in [1.29, 1.82) is 0 Å². The Labute approximate surface area is 208 Å². The quantitative estimate of drug-likeness (QED) is 0.397. The van der Waals surface area contributed by atoms with E-state index in [1.165, 1.54) is 28.0 Å². The number of thiazole rings is 1. The maximum Gasteiger partial charge on any atom is 0.338 e. The van der Waals surface area contributed by atoms with Gasteiger partial charge in [0, 0.05) is 14.1 Å². The van der Waals surface area contributed by atoms with Gasteiger partial charge in [0.15, 0.2) is 4.80 Å². The highest BCUT2D eigenvalue weighted by atomic mass is 32.1. The molecule has 2 aromatic heterocycles. The van der Waals surface area contributed by atoms with E-state index in [9.17, 15) is 18.8 Å². The average Bonchev–Trinajstić information content (AvgIpc) is 3.27. The van der Waals surface area contributed by atoms with Gasteiger partial charge in [-0.1, -0.05) is 29.5 Å². The summed E-state index contributed by atoms with van der Waals surface area (Å²) in [6, 6.07) is 10.4. The van der Waals surface area contributed by atoms with Crippen LogP contribution in [0.1, 0.15) is 31.0 Å². The number of rotatable bonds is 4. The van der Waals surface area contributed by atoms with Crippen LogP contribution >= 0.6 is 11.3 Å². The van der Waals surface area contributed by atoms with Crippen LogP contribution in [0.15, 0.2) is 68.3 Å². The molecule has 36 heavy (non-hydrogen) atoms. The second kappa shape index (κ2) is 8.87.